The molecule has 0 aliphatic carbocycles. The van der Waals surface area contributed by atoms with Gasteiger partial charge in [-0.25, -0.2) is 0 Å². The third-order valence-corrected chi connectivity index (χ3v) is 2.49. The van der Waals surface area contributed by atoms with Crippen LogP contribution in [0.3, 0.4) is 0 Å². The Kier molecular flexibility index (Phi) is 5.94. The van der Waals surface area contributed by atoms with Crippen molar-refractivity contribution >= 4 is 0 Å². The molecule has 90 valence electrons. The standard InChI is InChI=1S/C14H22O2/c1-12(2)4-5-13-6-8-14(9-7-13)16-11-10-15-3/h6-9,12H,4-5,10-11H2,1-3H3. The van der Waals surface area contributed by atoms with Crippen molar-refractivity contribution in [1.82, 2.24) is 0 Å². The van der Waals surface area contributed by atoms with Gasteiger partial charge in [-0.05, 0) is 36.5 Å². The second-order valence-corrected chi connectivity index (χ2v) is 4.42. The highest BCUT2D eigenvalue weighted by Crippen LogP contribution is 2.14. The van der Waals surface area contributed by atoms with Crippen LogP contribution in [0.1, 0.15) is 25.8 Å². The van der Waals surface area contributed by atoms with Gasteiger partial charge < -0.3 is 9.47 Å². The minimum Gasteiger partial charge on any atom is -0.491 e. The van der Waals surface area contributed by atoms with Crippen LogP contribution in [0.15, 0.2) is 24.3 Å². The zero-order valence-corrected chi connectivity index (χ0v) is 10.5. The maximum absolute atomic E-state index is 5.50. The number of rotatable bonds is 7. The van der Waals surface area contributed by atoms with Gasteiger partial charge in [-0.2, -0.15) is 0 Å². The van der Waals surface area contributed by atoms with Crippen molar-refractivity contribution in [2.24, 2.45) is 5.92 Å². The lowest BCUT2D eigenvalue weighted by Crippen LogP contribution is -2.04. The number of benzene rings is 1. The summed E-state index contributed by atoms with van der Waals surface area (Å²) in [5, 5.41) is 0. The first-order chi connectivity index (χ1) is 7.72. The molecule has 1 rings (SSSR count). The van der Waals surface area contributed by atoms with Crippen LogP contribution in [0.2, 0.25) is 0 Å². The van der Waals surface area contributed by atoms with Gasteiger partial charge in [-0.1, -0.05) is 26.0 Å². The third-order valence-electron chi connectivity index (χ3n) is 2.49. The van der Waals surface area contributed by atoms with Crippen molar-refractivity contribution in [3.63, 3.8) is 0 Å². The van der Waals surface area contributed by atoms with Gasteiger partial charge in [0.05, 0.1) is 6.61 Å². The molecule has 1 aromatic carbocycles. The maximum atomic E-state index is 5.50. The van der Waals surface area contributed by atoms with E-state index in [9.17, 15) is 0 Å². The number of ether oxygens (including phenoxy) is 2. The highest BCUT2D eigenvalue weighted by atomic mass is 16.5. The molecular formula is C14H22O2. The Morgan fingerprint density at radius 3 is 2.31 bits per heavy atom. The maximum Gasteiger partial charge on any atom is 0.119 e. The van der Waals surface area contributed by atoms with E-state index >= 15 is 0 Å². The summed E-state index contributed by atoms with van der Waals surface area (Å²) in [7, 11) is 1.68. The Morgan fingerprint density at radius 2 is 1.75 bits per heavy atom. The molecule has 0 radical (unpaired) electrons. The molecule has 16 heavy (non-hydrogen) atoms. The average molecular weight is 222 g/mol. The summed E-state index contributed by atoms with van der Waals surface area (Å²) in [6.07, 6.45) is 2.39. The van der Waals surface area contributed by atoms with E-state index in [1.807, 2.05) is 12.1 Å². The van der Waals surface area contributed by atoms with E-state index in [0.29, 0.717) is 13.2 Å². The monoisotopic (exact) mass is 222 g/mol. The Balaban J connectivity index is 2.35. The van der Waals surface area contributed by atoms with E-state index in [1.54, 1.807) is 7.11 Å². The highest BCUT2D eigenvalue weighted by Gasteiger charge is 1.98. The molecule has 0 saturated carbocycles. The molecule has 0 fully saturated rings. The van der Waals surface area contributed by atoms with Gasteiger partial charge in [0.25, 0.3) is 0 Å². The second-order valence-electron chi connectivity index (χ2n) is 4.42. The van der Waals surface area contributed by atoms with Crippen molar-refractivity contribution in [3.8, 4) is 5.75 Å². The van der Waals surface area contributed by atoms with Gasteiger partial charge >= 0.3 is 0 Å². The first-order valence-corrected chi connectivity index (χ1v) is 5.93. The molecule has 0 bridgehead atoms. The fraction of sp³-hybridized carbons (Fsp3) is 0.571. The van der Waals surface area contributed by atoms with Crippen LogP contribution < -0.4 is 4.74 Å². The van der Waals surface area contributed by atoms with Crippen LogP contribution in [-0.2, 0) is 11.2 Å². The minimum absolute atomic E-state index is 0.613. The Morgan fingerprint density at radius 1 is 1.06 bits per heavy atom. The molecule has 2 nitrogen and oxygen atoms in total. The van der Waals surface area contributed by atoms with Crippen LogP contribution in [0, 0.1) is 5.92 Å². The van der Waals surface area contributed by atoms with E-state index in [4.69, 9.17) is 9.47 Å². The number of hydrogen-bond acceptors (Lipinski definition) is 2. The first kappa shape index (κ1) is 13.0. The lowest BCUT2D eigenvalue weighted by atomic mass is 10.0. The molecule has 0 amide bonds. The van der Waals surface area contributed by atoms with E-state index in [2.05, 4.69) is 26.0 Å². The van der Waals surface area contributed by atoms with Crippen LogP contribution >= 0.6 is 0 Å². The first-order valence-electron chi connectivity index (χ1n) is 5.93. The molecule has 2 heteroatoms. The number of hydrogen-bond donors (Lipinski definition) is 0. The molecule has 0 heterocycles. The number of methoxy groups -OCH3 is 1. The second kappa shape index (κ2) is 7.29. The SMILES string of the molecule is COCCOc1ccc(CCC(C)C)cc1. The Hall–Kier alpha value is -1.02. The van der Waals surface area contributed by atoms with Crippen LogP contribution in [-0.4, -0.2) is 20.3 Å². The fourth-order valence-corrected chi connectivity index (χ4v) is 1.45. The summed E-state index contributed by atoms with van der Waals surface area (Å²) < 4.78 is 10.4. The summed E-state index contributed by atoms with van der Waals surface area (Å²) in [6, 6.07) is 8.35. The van der Waals surface area contributed by atoms with E-state index in [1.165, 1.54) is 12.0 Å². The Bertz CT molecular complexity index is 277. The lowest BCUT2D eigenvalue weighted by molar-refractivity contribution is 0.146. The van der Waals surface area contributed by atoms with Crippen molar-refractivity contribution in [1.29, 1.82) is 0 Å². The molecule has 1 aromatic rings. The van der Waals surface area contributed by atoms with Crippen molar-refractivity contribution in [2.45, 2.75) is 26.7 Å². The van der Waals surface area contributed by atoms with E-state index in [-0.39, 0.29) is 0 Å². The molecule has 0 N–H and O–H groups in total. The molecule has 0 aliphatic heterocycles. The lowest BCUT2D eigenvalue weighted by Gasteiger charge is -2.07. The smallest absolute Gasteiger partial charge is 0.119 e. The highest BCUT2D eigenvalue weighted by molar-refractivity contribution is 5.27. The number of aryl methyl sites for hydroxylation is 1. The third kappa shape index (κ3) is 5.17. The van der Waals surface area contributed by atoms with Crippen molar-refractivity contribution in [3.05, 3.63) is 29.8 Å². The summed E-state index contributed by atoms with van der Waals surface area (Å²) >= 11 is 0. The van der Waals surface area contributed by atoms with Crippen molar-refractivity contribution < 1.29 is 9.47 Å². The van der Waals surface area contributed by atoms with Crippen LogP contribution in [0.25, 0.3) is 0 Å². The average Bonchev–Trinajstić information content (AvgIpc) is 2.28. The van der Waals surface area contributed by atoms with E-state index in [0.717, 1.165) is 18.1 Å². The minimum atomic E-state index is 0.613. The van der Waals surface area contributed by atoms with Crippen LogP contribution in [0.5, 0.6) is 5.75 Å². The zero-order valence-electron chi connectivity index (χ0n) is 10.5. The predicted molar refractivity (Wildman–Crippen MR) is 67.0 cm³/mol. The molecular weight excluding hydrogens is 200 g/mol. The molecule has 0 aliphatic rings. The van der Waals surface area contributed by atoms with Gasteiger partial charge in [0, 0.05) is 7.11 Å². The Labute approximate surface area is 98.6 Å². The van der Waals surface area contributed by atoms with Crippen molar-refractivity contribution in [2.75, 3.05) is 20.3 Å². The van der Waals surface area contributed by atoms with Gasteiger partial charge in [0.1, 0.15) is 12.4 Å². The van der Waals surface area contributed by atoms with Gasteiger partial charge in [-0.15, -0.1) is 0 Å². The molecule has 0 unspecified atom stereocenters. The predicted octanol–water partition coefficient (Wildman–Crippen LogP) is 3.30. The molecule has 0 spiro atoms. The molecule has 0 atom stereocenters. The van der Waals surface area contributed by atoms with Gasteiger partial charge in [-0.3, -0.25) is 0 Å². The summed E-state index contributed by atoms with van der Waals surface area (Å²) in [5.74, 6) is 1.68. The zero-order chi connectivity index (χ0) is 11.8. The van der Waals surface area contributed by atoms with Crippen LogP contribution in [0.4, 0.5) is 0 Å². The summed E-state index contributed by atoms with van der Waals surface area (Å²) in [5.41, 5.74) is 1.38. The molecule has 0 aromatic heterocycles. The normalized spacial score (nSPS) is 10.8. The molecule has 0 saturated heterocycles. The largest absolute Gasteiger partial charge is 0.491 e. The summed E-state index contributed by atoms with van der Waals surface area (Å²) in [4.78, 5) is 0. The van der Waals surface area contributed by atoms with E-state index < -0.39 is 0 Å². The van der Waals surface area contributed by atoms with Gasteiger partial charge in [0.2, 0.25) is 0 Å². The topological polar surface area (TPSA) is 18.5 Å². The quantitative estimate of drug-likeness (QED) is 0.659. The fourth-order valence-electron chi connectivity index (χ4n) is 1.45. The van der Waals surface area contributed by atoms with Gasteiger partial charge in [0.15, 0.2) is 0 Å². The summed E-state index contributed by atoms with van der Waals surface area (Å²) in [6.45, 7) is 5.75.